The molecule has 0 radical (unpaired) electrons. The van der Waals surface area contributed by atoms with Gasteiger partial charge >= 0.3 is 0 Å². The molecule has 0 saturated heterocycles. The first-order valence-corrected chi connectivity index (χ1v) is 7.31. The summed E-state index contributed by atoms with van der Waals surface area (Å²) >= 11 is 12.0. The average Bonchev–Trinajstić information content (AvgIpc) is 2.48. The van der Waals surface area contributed by atoms with Gasteiger partial charge in [-0.25, -0.2) is 0 Å². The van der Waals surface area contributed by atoms with Crippen molar-refractivity contribution < 1.29 is 14.9 Å². The van der Waals surface area contributed by atoms with Gasteiger partial charge in [0.25, 0.3) is 0 Å². The van der Waals surface area contributed by atoms with E-state index in [4.69, 9.17) is 27.9 Å². The number of halogens is 2. The number of rotatable bonds is 6. The molecule has 0 aliphatic heterocycles. The first-order chi connectivity index (χ1) is 10.1. The summed E-state index contributed by atoms with van der Waals surface area (Å²) in [6, 6.07) is 14.1. The van der Waals surface area contributed by atoms with E-state index in [-0.39, 0.29) is 6.61 Å². The van der Waals surface area contributed by atoms with Gasteiger partial charge in [-0.1, -0.05) is 59.6 Å². The monoisotopic (exact) mass is 326 g/mol. The Kier molecular flexibility index (Phi) is 6.03. The lowest BCUT2D eigenvalue weighted by Crippen LogP contribution is -2.12. The molecular formula is C16H16Cl2O3. The van der Waals surface area contributed by atoms with E-state index in [1.165, 1.54) is 0 Å². The second-order valence-corrected chi connectivity index (χ2v) is 5.41. The smallest absolute Gasteiger partial charge is 0.181 e. The quantitative estimate of drug-likeness (QED) is 0.785. The van der Waals surface area contributed by atoms with Crippen LogP contribution in [0.25, 0.3) is 0 Å². The van der Waals surface area contributed by atoms with Crippen LogP contribution >= 0.6 is 23.2 Å². The molecule has 0 aromatic heterocycles. The molecule has 0 aliphatic carbocycles. The van der Waals surface area contributed by atoms with Crippen molar-refractivity contribution in [2.45, 2.75) is 18.8 Å². The van der Waals surface area contributed by atoms with Gasteiger partial charge in [-0.3, -0.25) is 0 Å². The van der Waals surface area contributed by atoms with E-state index in [9.17, 15) is 10.2 Å². The van der Waals surface area contributed by atoms with Gasteiger partial charge in [-0.2, -0.15) is 0 Å². The highest BCUT2D eigenvalue weighted by Crippen LogP contribution is 2.33. The van der Waals surface area contributed by atoms with Crippen molar-refractivity contribution in [2.24, 2.45) is 0 Å². The number of aliphatic hydroxyl groups excluding tert-OH is 2. The maximum absolute atomic E-state index is 10.2. The highest BCUT2D eigenvalue weighted by molar-refractivity contribution is 6.35. The zero-order valence-electron chi connectivity index (χ0n) is 11.2. The van der Waals surface area contributed by atoms with Gasteiger partial charge in [-0.05, 0) is 17.7 Å². The third-order valence-electron chi connectivity index (χ3n) is 3.08. The zero-order valence-corrected chi connectivity index (χ0v) is 12.8. The van der Waals surface area contributed by atoms with E-state index in [2.05, 4.69) is 0 Å². The Morgan fingerprint density at radius 1 is 1.05 bits per heavy atom. The summed E-state index contributed by atoms with van der Waals surface area (Å²) in [5, 5.41) is 20.3. The first-order valence-electron chi connectivity index (χ1n) is 6.56. The Hall–Kier alpha value is -1.10. The lowest BCUT2D eigenvalue weighted by atomic mass is 10.1. The SMILES string of the molecule is OCCC(OC(O)c1ccccc1)c1ccc(Cl)cc1Cl. The molecule has 2 aromatic carbocycles. The van der Waals surface area contributed by atoms with E-state index in [1.807, 2.05) is 18.2 Å². The van der Waals surface area contributed by atoms with Crippen LogP contribution in [0.3, 0.4) is 0 Å². The molecule has 0 heterocycles. The van der Waals surface area contributed by atoms with Gasteiger partial charge in [-0.15, -0.1) is 0 Å². The minimum atomic E-state index is -1.09. The van der Waals surface area contributed by atoms with Crippen LogP contribution in [-0.4, -0.2) is 16.8 Å². The molecule has 5 heteroatoms. The predicted octanol–water partition coefficient (Wildman–Crippen LogP) is 4.12. The van der Waals surface area contributed by atoms with Crippen LogP contribution in [0.4, 0.5) is 0 Å². The fourth-order valence-corrected chi connectivity index (χ4v) is 2.56. The Labute approximate surface area is 133 Å². The molecule has 2 rings (SSSR count). The van der Waals surface area contributed by atoms with Crippen molar-refractivity contribution in [2.75, 3.05) is 6.61 Å². The van der Waals surface area contributed by atoms with Gasteiger partial charge in [0.15, 0.2) is 6.29 Å². The molecule has 0 amide bonds. The third-order valence-corrected chi connectivity index (χ3v) is 3.64. The van der Waals surface area contributed by atoms with Gasteiger partial charge in [0, 0.05) is 28.6 Å². The minimum Gasteiger partial charge on any atom is -0.396 e. The molecule has 2 N–H and O–H groups in total. The minimum absolute atomic E-state index is 0.0782. The Bertz CT molecular complexity index is 575. The van der Waals surface area contributed by atoms with Gasteiger partial charge in [0.1, 0.15) is 0 Å². The number of aliphatic hydroxyl groups is 2. The molecular weight excluding hydrogens is 311 g/mol. The van der Waals surface area contributed by atoms with E-state index < -0.39 is 12.4 Å². The number of hydrogen-bond acceptors (Lipinski definition) is 3. The van der Waals surface area contributed by atoms with E-state index in [0.717, 1.165) is 0 Å². The topological polar surface area (TPSA) is 49.7 Å². The summed E-state index contributed by atoms with van der Waals surface area (Å²) in [6.45, 7) is -0.0782. The van der Waals surface area contributed by atoms with E-state index in [1.54, 1.807) is 30.3 Å². The van der Waals surface area contributed by atoms with Gasteiger partial charge < -0.3 is 14.9 Å². The molecule has 2 unspecified atom stereocenters. The molecule has 21 heavy (non-hydrogen) atoms. The molecule has 0 aliphatic rings. The lowest BCUT2D eigenvalue weighted by Gasteiger charge is -2.22. The van der Waals surface area contributed by atoms with Crippen LogP contribution < -0.4 is 0 Å². The second kappa shape index (κ2) is 7.78. The number of ether oxygens (including phenoxy) is 1. The molecule has 2 aromatic rings. The summed E-state index contributed by atoms with van der Waals surface area (Å²) in [7, 11) is 0. The van der Waals surface area contributed by atoms with Crippen molar-refractivity contribution >= 4 is 23.2 Å². The average molecular weight is 327 g/mol. The van der Waals surface area contributed by atoms with Crippen molar-refractivity contribution in [3.05, 3.63) is 69.7 Å². The molecule has 0 bridgehead atoms. The summed E-state index contributed by atoms with van der Waals surface area (Å²) in [5.41, 5.74) is 1.33. The van der Waals surface area contributed by atoms with Crippen molar-refractivity contribution in [3.63, 3.8) is 0 Å². The molecule has 0 fully saturated rings. The van der Waals surface area contributed by atoms with Gasteiger partial charge in [0.05, 0.1) is 6.10 Å². The van der Waals surface area contributed by atoms with E-state index in [0.29, 0.717) is 27.6 Å². The van der Waals surface area contributed by atoms with Crippen LogP contribution in [0.5, 0.6) is 0 Å². The highest BCUT2D eigenvalue weighted by atomic mass is 35.5. The standard InChI is InChI=1S/C16H16Cl2O3/c17-12-6-7-13(14(18)10-12)15(8-9-19)21-16(20)11-4-2-1-3-5-11/h1-7,10,15-16,19-20H,8-9H2. The predicted molar refractivity (Wildman–Crippen MR) is 83.4 cm³/mol. The zero-order chi connectivity index (χ0) is 15.2. The molecule has 2 atom stereocenters. The molecule has 112 valence electrons. The summed E-state index contributed by atoms with van der Waals surface area (Å²) in [5.74, 6) is 0. The fraction of sp³-hybridized carbons (Fsp3) is 0.250. The van der Waals surface area contributed by atoms with Crippen LogP contribution in [0.15, 0.2) is 48.5 Å². The van der Waals surface area contributed by atoms with Gasteiger partial charge in [0.2, 0.25) is 0 Å². The maximum atomic E-state index is 10.2. The second-order valence-electron chi connectivity index (χ2n) is 4.57. The largest absolute Gasteiger partial charge is 0.396 e. The third kappa shape index (κ3) is 4.43. The van der Waals surface area contributed by atoms with E-state index >= 15 is 0 Å². The molecule has 3 nitrogen and oxygen atoms in total. The lowest BCUT2D eigenvalue weighted by molar-refractivity contribution is -0.146. The molecule has 0 spiro atoms. The van der Waals surface area contributed by atoms with Crippen LogP contribution in [-0.2, 0) is 4.74 Å². The Morgan fingerprint density at radius 2 is 1.76 bits per heavy atom. The summed E-state index contributed by atoms with van der Waals surface area (Å²) < 4.78 is 5.65. The Balaban J connectivity index is 2.19. The Morgan fingerprint density at radius 3 is 2.38 bits per heavy atom. The number of hydrogen-bond donors (Lipinski definition) is 2. The van der Waals surface area contributed by atoms with Crippen LogP contribution in [0, 0.1) is 0 Å². The summed E-state index contributed by atoms with van der Waals surface area (Å²) in [4.78, 5) is 0. The van der Waals surface area contributed by atoms with Crippen molar-refractivity contribution in [3.8, 4) is 0 Å². The van der Waals surface area contributed by atoms with Crippen molar-refractivity contribution in [1.82, 2.24) is 0 Å². The highest BCUT2D eigenvalue weighted by Gasteiger charge is 2.20. The van der Waals surface area contributed by atoms with Crippen LogP contribution in [0.2, 0.25) is 10.0 Å². The number of benzene rings is 2. The normalized spacial score (nSPS) is 13.9. The van der Waals surface area contributed by atoms with Crippen LogP contribution in [0.1, 0.15) is 29.9 Å². The van der Waals surface area contributed by atoms with Crippen molar-refractivity contribution in [1.29, 1.82) is 0 Å². The summed E-state index contributed by atoms with van der Waals surface area (Å²) in [6.07, 6.45) is -1.28. The first kappa shape index (κ1) is 16.3. The fourth-order valence-electron chi connectivity index (χ4n) is 2.03. The molecule has 0 saturated carbocycles. The maximum Gasteiger partial charge on any atom is 0.181 e.